The number of carbonyl (C=O) groups is 1. The molecule has 1 fully saturated rings. The monoisotopic (exact) mass is 170 g/mol. The van der Waals surface area contributed by atoms with Gasteiger partial charge in [0, 0.05) is 25.0 Å². The molecule has 1 aliphatic heterocycles. The summed E-state index contributed by atoms with van der Waals surface area (Å²) in [5.41, 5.74) is 5.74. The first-order valence-corrected chi connectivity index (χ1v) is 4.65. The molecule has 0 aromatic rings. The average Bonchev–Trinajstić information content (AvgIpc) is 2.04. The first-order chi connectivity index (χ1) is 5.61. The Morgan fingerprint density at radius 2 is 1.92 bits per heavy atom. The second-order valence-electron chi connectivity index (χ2n) is 3.82. The molecule has 0 radical (unpaired) electrons. The number of nitrogens with zero attached hydrogens (tertiary/aromatic N) is 1. The van der Waals surface area contributed by atoms with Crippen LogP contribution in [-0.4, -0.2) is 29.9 Å². The van der Waals surface area contributed by atoms with Crippen LogP contribution < -0.4 is 5.73 Å². The van der Waals surface area contributed by atoms with Gasteiger partial charge in [0.15, 0.2) is 0 Å². The van der Waals surface area contributed by atoms with Gasteiger partial charge in [-0.3, -0.25) is 4.79 Å². The van der Waals surface area contributed by atoms with Crippen LogP contribution in [0.2, 0.25) is 0 Å². The molecule has 12 heavy (non-hydrogen) atoms. The molecule has 2 N–H and O–H groups in total. The molecular weight excluding hydrogens is 152 g/mol. The van der Waals surface area contributed by atoms with Crippen LogP contribution in [0, 0.1) is 5.92 Å². The molecule has 0 atom stereocenters. The van der Waals surface area contributed by atoms with E-state index in [0.717, 1.165) is 25.9 Å². The number of likely N-dealkylation sites (tertiary alicyclic amines) is 1. The standard InChI is InChI=1S/C9H18N2O/c1-7(2)9(12)11-5-3-8(10)4-6-11/h7-8H,3-6,10H2,1-2H3. The summed E-state index contributed by atoms with van der Waals surface area (Å²) >= 11 is 0. The van der Waals surface area contributed by atoms with Gasteiger partial charge in [-0.1, -0.05) is 13.8 Å². The van der Waals surface area contributed by atoms with Gasteiger partial charge in [-0.25, -0.2) is 0 Å². The van der Waals surface area contributed by atoms with E-state index >= 15 is 0 Å². The van der Waals surface area contributed by atoms with Crippen molar-refractivity contribution in [3.63, 3.8) is 0 Å². The van der Waals surface area contributed by atoms with E-state index < -0.39 is 0 Å². The number of carbonyl (C=O) groups excluding carboxylic acids is 1. The SMILES string of the molecule is CC(C)C(=O)N1CCC(N)CC1. The van der Waals surface area contributed by atoms with Crippen molar-refractivity contribution < 1.29 is 4.79 Å². The largest absolute Gasteiger partial charge is 0.342 e. The van der Waals surface area contributed by atoms with Crippen LogP contribution in [0.3, 0.4) is 0 Å². The molecule has 0 bridgehead atoms. The third kappa shape index (κ3) is 2.21. The molecule has 1 rings (SSSR count). The quantitative estimate of drug-likeness (QED) is 0.626. The highest BCUT2D eigenvalue weighted by atomic mass is 16.2. The van der Waals surface area contributed by atoms with E-state index in [1.807, 2.05) is 18.7 Å². The molecule has 0 aromatic heterocycles. The van der Waals surface area contributed by atoms with Crippen LogP contribution in [0.4, 0.5) is 0 Å². The molecule has 0 saturated carbocycles. The Morgan fingerprint density at radius 1 is 1.42 bits per heavy atom. The minimum atomic E-state index is 0.124. The minimum Gasteiger partial charge on any atom is -0.342 e. The van der Waals surface area contributed by atoms with Gasteiger partial charge in [0.25, 0.3) is 0 Å². The number of hydrogen-bond acceptors (Lipinski definition) is 2. The predicted molar refractivity (Wildman–Crippen MR) is 48.6 cm³/mol. The molecule has 0 aliphatic carbocycles. The van der Waals surface area contributed by atoms with Gasteiger partial charge >= 0.3 is 0 Å². The topological polar surface area (TPSA) is 46.3 Å². The lowest BCUT2D eigenvalue weighted by molar-refractivity contribution is -0.135. The molecular formula is C9H18N2O. The summed E-state index contributed by atoms with van der Waals surface area (Å²) in [5, 5.41) is 0. The van der Waals surface area contributed by atoms with E-state index in [9.17, 15) is 4.79 Å². The van der Waals surface area contributed by atoms with E-state index in [1.54, 1.807) is 0 Å². The molecule has 70 valence electrons. The Hall–Kier alpha value is -0.570. The van der Waals surface area contributed by atoms with E-state index in [1.165, 1.54) is 0 Å². The molecule has 1 aliphatic rings. The average molecular weight is 170 g/mol. The Bertz CT molecular complexity index is 160. The highest BCUT2D eigenvalue weighted by Crippen LogP contribution is 2.11. The van der Waals surface area contributed by atoms with Crippen LogP contribution in [0.15, 0.2) is 0 Å². The normalized spacial score (nSPS) is 20.2. The van der Waals surface area contributed by atoms with Crippen molar-refractivity contribution in [1.82, 2.24) is 4.90 Å². The van der Waals surface area contributed by atoms with Crippen molar-refractivity contribution in [2.75, 3.05) is 13.1 Å². The van der Waals surface area contributed by atoms with Crippen molar-refractivity contribution in [3.05, 3.63) is 0 Å². The van der Waals surface area contributed by atoms with Gasteiger partial charge in [0.1, 0.15) is 0 Å². The number of rotatable bonds is 1. The summed E-state index contributed by atoms with van der Waals surface area (Å²) < 4.78 is 0. The predicted octanol–water partition coefficient (Wildman–Crippen LogP) is 0.592. The zero-order valence-corrected chi connectivity index (χ0v) is 7.92. The molecule has 3 nitrogen and oxygen atoms in total. The van der Waals surface area contributed by atoms with Crippen molar-refractivity contribution >= 4 is 5.91 Å². The van der Waals surface area contributed by atoms with Crippen LogP contribution in [0.1, 0.15) is 26.7 Å². The zero-order chi connectivity index (χ0) is 9.14. The van der Waals surface area contributed by atoms with Crippen LogP contribution >= 0.6 is 0 Å². The third-order valence-corrected chi connectivity index (χ3v) is 2.35. The number of hydrogen-bond donors (Lipinski definition) is 1. The van der Waals surface area contributed by atoms with Gasteiger partial charge in [-0.15, -0.1) is 0 Å². The lowest BCUT2D eigenvalue weighted by atomic mass is 10.0. The summed E-state index contributed by atoms with van der Waals surface area (Å²) in [6, 6.07) is 0.307. The Labute approximate surface area is 73.9 Å². The second-order valence-corrected chi connectivity index (χ2v) is 3.82. The highest BCUT2D eigenvalue weighted by molar-refractivity contribution is 5.78. The summed E-state index contributed by atoms with van der Waals surface area (Å²) in [6.45, 7) is 5.57. The van der Waals surface area contributed by atoms with Crippen LogP contribution in [0.25, 0.3) is 0 Å². The fraction of sp³-hybridized carbons (Fsp3) is 0.889. The van der Waals surface area contributed by atoms with Gasteiger partial charge in [0.2, 0.25) is 5.91 Å². The van der Waals surface area contributed by atoms with Crippen LogP contribution in [-0.2, 0) is 4.79 Å². The van der Waals surface area contributed by atoms with E-state index in [2.05, 4.69) is 0 Å². The first-order valence-electron chi connectivity index (χ1n) is 4.65. The zero-order valence-electron chi connectivity index (χ0n) is 7.92. The fourth-order valence-corrected chi connectivity index (χ4v) is 1.48. The van der Waals surface area contributed by atoms with Crippen molar-refractivity contribution in [2.24, 2.45) is 11.7 Å². The van der Waals surface area contributed by atoms with Gasteiger partial charge in [0.05, 0.1) is 0 Å². The van der Waals surface area contributed by atoms with Crippen LogP contribution in [0.5, 0.6) is 0 Å². The molecule has 1 saturated heterocycles. The first kappa shape index (κ1) is 9.52. The van der Waals surface area contributed by atoms with Gasteiger partial charge in [-0.05, 0) is 12.8 Å². The Kier molecular flexibility index (Phi) is 3.09. The molecule has 0 unspecified atom stereocenters. The van der Waals surface area contributed by atoms with Gasteiger partial charge < -0.3 is 10.6 Å². The fourth-order valence-electron chi connectivity index (χ4n) is 1.48. The molecule has 3 heteroatoms. The van der Waals surface area contributed by atoms with Crippen molar-refractivity contribution in [1.29, 1.82) is 0 Å². The maximum absolute atomic E-state index is 11.5. The van der Waals surface area contributed by atoms with E-state index in [-0.39, 0.29) is 11.8 Å². The molecule has 1 amide bonds. The lowest BCUT2D eigenvalue weighted by Crippen LogP contribution is -2.44. The summed E-state index contributed by atoms with van der Waals surface area (Å²) in [5.74, 6) is 0.390. The number of piperidine rings is 1. The summed E-state index contributed by atoms with van der Waals surface area (Å²) in [7, 11) is 0. The Morgan fingerprint density at radius 3 is 2.33 bits per heavy atom. The maximum atomic E-state index is 11.5. The third-order valence-electron chi connectivity index (χ3n) is 2.35. The minimum absolute atomic E-state index is 0.124. The van der Waals surface area contributed by atoms with Crippen molar-refractivity contribution in [2.45, 2.75) is 32.7 Å². The maximum Gasteiger partial charge on any atom is 0.225 e. The number of amides is 1. The number of nitrogens with two attached hydrogens (primary N) is 1. The summed E-state index contributed by atoms with van der Waals surface area (Å²) in [6.07, 6.45) is 1.91. The van der Waals surface area contributed by atoms with E-state index in [4.69, 9.17) is 5.73 Å². The van der Waals surface area contributed by atoms with Gasteiger partial charge in [-0.2, -0.15) is 0 Å². The molecule has 1 heterocycles. The Balaban J connectivity index is 2.39. The highest BCUT2D eigenvalue weighted by Gasteiger charge is 2.21. The second kappa shape index (κ2) is 3.90. The van der Waals surface area contributed by atoms with Crippen molar-refractivity contribution in [3.8, 4) is 0 Å². The smallest absolute Gasteiger partial charge is 0.225 e. The lowest BCUT2D eigenvalue weighted by Gasteiger charge is -2.31. The molecule has 0 aromatic carbocycles. The summed E-state index contributed by atoms with van der Waals surface area (Å²) in [4.78, 5) is 13.4. The molecule has 0 spiro atoms. The van der Waals surface area contributed by atoms with E-state index in [0.29, 0.717) is 6.04 Å².